The Labute approximate surface area is 213 Å². The molecule has 9 heteroatoms. The number of carbonyl (C=O) groups excluding carboxylic acids is 1. The van der Waals surface area contributed by atoms with E-state index < -0.39 is 0 Å². The Morgan fingerprint density at radius 3 is 2.65 bits per heavy atom. The fourth-order valence-corrected chi connectivity index (χ4v) is 4.95. The van der Waals surface area contributed by atoms with Gasteiger partial charge in [0, 0.05) is 28.5 Å². The van der Waals surface area contributed by atoms with E-state index in [9.17, 15) is 4.79 Å². The number of H-pyrrole nitrogens is 1. The van der Waals surface area contributed by atoms with Gasteiger partial charge in [0.2, 0.25) is 0 Å². The number of anilines is 1. The van der Waals surface area contributed by atoms with E-state index in [-0.39, 0.29) is 5.91 Å². The summed E-state index contributed by atoms with van der Waals surface area (Å²) >= 11 is 0. The lowest BCUT2D eigenvalue weighted by Gasteiger charge is -2.09. The average molecular weight is 491 g/mol. The smallest absolute Gasteiger partial charge is 0.274 e. The minimum atomic E-state index is -0.240. The van der Waals surface area contributed by atoms with Crippen LogP contribution in [0.25, 0.3) is 27.7 Å². The molecule has 2 N–H and O–H groups in total. The second-order valence-electron chi connectivity index (χ2n) is 9.26. The first-order valence-electron chi connectivity index (χ1n) is 12.1. The van der Waals surface area contributed by atoms with Gasteiger partial charge in [-0.15, -0.1) is 0 Å². The van der Waals surface area contributed by atoms with Crippen LogP contribution < -0.4 is 5.32 Å². The number of fused-ring (bicyclic) bond motifs is 2. The van der Waals surface area contributed by atoms with Gasteiger partial charge < -0.3 is 5.32 Å². The first kappa shape index (κ1) is 22.7. The molecule has 1 aromatic carbocycles. The molecule has 184 valence electrons. The van der Waals surface area contributed by atoms with Crippen molar-refractivity contribution < 1.29 is 4.79 Å². The Kier molecular flexibility index (Phi) is 5.33. The third kappa shape index (κ3) is 3.94. The third-order valence-corrected chi connectivity index (χ3v) is 6.62. The predicted octanol–water partition coefficient (Wildman–Crippen LogP) is 5.00. The highest BCUT2D eigenvalue weighted by Gasteiger charge is 2.18. The summed E-state index contributed by atoms with van der Waals surface area (Å²) in [4.78, 5) is 22.5. The van der Waals surface area contributed by atoms with Crippen molar-refractivity contribution in [3.8, 4) is 11.1 Å². The van der Waals surface area contributed by atoms with Gasteiger partial charge in [-0.25, -0.2) is 4.98 Å². The lowest BCUT2D eigenvalue weighted by molar-refractivity contribution is 0.102. The van der Waals surface area contributed by atoms with Crippen LogP contribution >= 0.6 is 0 Å². The molecule has 0 radical (unpaired) electrons. The lowest BCUT2D eigenvalue weighted by Crippen LogP contribution is -2.14. The Balaban J connectivity index is 1.32. The zero-order chi connectivity index (χ0) is 25.7. The van der Waals surface area contributed by atoms with Crippen LogP contribution in [-0.2, 0) is 6.54 Å². The number of benzene rings is 1. The summed E-state index contributed by atoms with van der Waals surface area (Å²) in [5, 5.41) is 16.0. The predicted molar refractivity (Wildman–Crippen MR) is 143 cm³/mol. The number of rotatable bonds is 5. The van der Waals surface area contributed by atoms with Gasteiger partial charge in [-0.1, -0.05) is 12.1 Å². The summed E-state index contributed by atoms with van der Waals surface area (Å²) in [5.74, 6) is -0.240. The Morgan fingerprint density at radius 2 is 1.86 bits per heavy atom. The molecule has 0 spiro atoms. The van der Waals surface area contributed by atoms with E-state index in [0.29, 0.717) is 23.6 Å². The van der Waals surface area contributed by atoms with Crippen LogP contribution in [0, 0.1) is 27.7 Å². The molecule has 0 aliphatic heterocycles. The Bertz CT molecular complexity index is 1790. The summed E-state index contributed by atoms with van der Waals surface area (Å²) in [7, 11) is 0. The molecule has 37 heavy (non-hydrogen) atoms. The maximum Gasteiger partial charge on any atom is 0.274 e. The van der Waals surface area contributed by atoms with Crippen LogP contribution in [0.3, 0.4) is 0 Å². The Hall–Kier alpha value is -4.79. The monoisotopic (exact) mass is 490 g/mol. The van der Waals surface area contributed by atoms with Crippen molar-refractivity contribution in [2.24, 2.45) is 0 Å². The fraction of sp³-hybridized carbons (Fsp3) is 0.179. The van der Waals surface area contributed by atoms with E-state index in [1.54, 1.807) is 10.6 Å². The summed E-state index contributed by atoms with van der Waals surface area (Å²) in [6, 6.07) is 15.7. The molecular weight excluding hydrogens is 464 g/mol. The molecule has 0 fully saturated rings. The van der Waals surface area contributed by atoms with Crippen molar-refractivity contribution in [1.82, 2.24) is 34.3 Å². The van der Waals surface area contributed by atoms with E-state index in [4.69, 9.17) is 5.10 Å². The van der Waals surface area contributed by atoms with Gasteiger partial charge in [-0.05, 0) is 69.7 Å². The number of nitrogens with zero attached hydrogens (tertiary/aromatic N) is 6. The fourth-order valence-electron chi connectivity index (χ4n) is 4.95. The van der Waals surface area contributed by atoms with Crippen LogP contribution in [0.2, 0.25) is 0 Å². The van der Waals surface area contributed by atoms with Gasteiger partial charge in [0.25, 0.3) is 5.91 Å². The molecule has 6 aromatic rings. The number of pyridine rings is 2. The van der Waals surface area contributed by atoms with Crippen molar-refractivity contribution in [2.75, 3.05) is 5.32 Å². The number of nitrogens with one attached hydrogen (secondary N) is 2. The van der Waals surface area contributed by atoms with E-state index in [0.717, 1.165) is 50.5 Å². The maximum atomic E-state index is 13.4. The molecule has 5 heterocycles. The van der Waals surface area contributed by atoms with Crippen molar-refractivity contribution in [1.29, 1.82) is 0 Å². The molecule has 0 bridgehead atoms. The highest BCUT2D eigenvalue weighted by molar-refractivity contribution is 6.08. The molecule has 0 atom stereocenters. The number of aromatic amines is 1. The molecule has 5 aromatic heterocycles. The van der Waals surface area contributed by atoms with E-state index >= 15 is 0 Å². The highest BCUT2D eigenvalue weighted by atomic mass is 16.2. The van der Waals surface area contributed by atoms with Crippen LogP contribution in [0.4, 0.5) is 5.69 Å². The zero-order valence-electron chi connectivity index (χ0n) is 21.1. The number of imidazole rings is 1. The molecule has 0 aliphatic carbocycles. The van der Waals surface area contributed by atoms with Gasteiger partial charge in [0.15, 0.2) is 0 Å². The van der Waals surface area contributed by atoms with Crippen molar-refractivity contribution in [3.05, 3.63) is 95.1 Å². The molecule has 0 saturated carbocycles. The summed E-state index contributed by atoms with van der Waals surface area (Å²) < 4.78 is 3.72. The molecule has 9 nitrogen and oxygen atoms in total. The molecular formula is C28H26N8O. The van der Waals surface area contributed by atoms with Crippen molar-refractivity contribution in [2.45, 2.75) is 34.2 Å². The number of hydrogen-bond acceptors (Lipinski definition) is 5. The molecule has 1 amide bonds. The largest absolute Gasteiger partial charge is 0.320 e. The molecule has 0 saturated heterocycles. The maximum absolute atomic E-state index is 13.4. The quantitative estimate of drug-likeness (QED) is 0.354. The Morgan fingerprint density at radius 1 is 1.03 bits per heavy atom. The lowest BCUT2D eigenvalue weighted by atomic mass is 10.1. The van der Waals surface area contributed by atoms with Gasteiger partial charge in [0.1, 0.15) is 11.3 Å². The van der Waals surface area contributed by atoms with Crippen LogP contribution in [0.5, 0.6) is 0 Å². The van der Waals surface area contributed by atoms with Gasteiger partial charge in [0.05, 0.1) is 41.0 Å². The SMILES string of the molecule is Cc1cccc(Cn2nc(C)c3c(NC(=O)c4cnc5cc(-c6c(C)n[nH]c6C)ccn45)cccc32)n1. The van der Waals surface area contributed by atoms with E-state index in [1.807, 2.05) is 87.1 Å². The molecule has 0 unspecified atom stereocenters. The molecule has 0 aliphatic rings. The van der Waals surface area contributed by atoms with E-state index in [2.05, 4.69) is 25.5 Å². The van der Waals surface area contributed by atoms with Gasteiger partial charge >= 0.3 is 0 Å². The van der Waals surface area contributed by atoms with Crippen molar-refractivity contribution >= 4 is 28.1 Å². The van der Waals surface area contributed by atoms with Crippen LogP contribution in [-0.4, -0.2) is 40.3 Å². The van der Waals surface area contributed by atoms with Gasteiger partial charge in [-0.2, -0.15) is 10.2 Å². The highest BCUT2D eigenvalue weighted by Crippen LogP contribution is 2.29. The minimum absolute atomic E-state index is 0.240. The number of aryl methyl sites for hydroxylation is 4. The zero-order valence-corrected chi connectivity index (χ0v) is 21.1. The summed E-state index contributed by atoms with van der Waals surface area (Å²) in [6.07, 6.45) is 3.47. The topological polar surface area (TPSA) is 106 Å². The summed E-state index contributed by atoms with van der Waals surface area (Å²) in [6.45, 7) is 8.44. The third-order valence-electron chi connectivity index (χ3n) is 6.62. The van der Waals surface area contributed by atoms with Crippen LogP contribution in [0.15, 0.2) is 60.9 Å². The normalized spacial score (nSPS) is 11.5. The average Bonchev–Trinajstić information content (AvgIpc) is 3.54. The number of amides is 1. The van der Waals surface area contributed by atoms with Gasteiger partial charge in [-0.3, -0.25) is 24.0 Å². The molecule has 6 rings (SSSR count). The second-order valence-corrected chi connectivity index (χ2v) is 9.26. The summed E-state index contributed by atoms with van der Waals surface area (Å²) in [5.41, 5.74) is 9.50. The first-order chi connectivity index (χ1) is 17.9. The number of carbonyl (C=O) groups is 1. The first-order valence-corrected chi connectivity index (χ1v) is 12.1. The number of aromatic nitrogens is 7. The second kappa shape index (κ2) is 8.70. The minimum Gasteiger partial charge on any atom is -0.320 e. The van der Waals surface area contributed by atoms with E-state index in [1.165, 1.54) is 0 Å². The van der Waals surface area contributed by atoms with Crippen molar-refractivity contribution in [3.63, 3.8) is 0 Å². The van der Waals surface area contributed by atoms with Crippen LogP contribution in [0.1, 0.15) is 39.0 Å². The standard InChI is InChI=1S/C28H26N8O/c1-16-7-5-8-21(30-16)15-36-23-10-6-9-22(27(23)19(4)34-36)31-28(37)24-14-29-25-13-20(11-12-35(24)25)26-17(2)32-33-18(26)3/h5-14H,15H2,1-4H3,(H,31,37)(H,32,33). The number of hydrogen-bond donors (Lipinski definition) is 2.